The molecule has 5 nitrogen and oxygen atoms in total. The molecule has 0 unspecified atom stereocenters. The van der Waals surface area contributed by atoms with Crippen molar-refractivity contribution in [2.45, 2.75) is 27.3 Å². The summed E-state index contributed by atoms with van der Waals surface area (Å²) >= 11 is 0. The van der Waals surface area contributed by atoms with Crippen LogP contribution >= 0.6 is 0 Å². The summed E-state index contributed by atoms with van der Waals surface area (Å²) in [5.41, 5.74) is 1.44. The van der Waals surface area contributed by atoms with Crippen LogP contribution < -0.4 is 16.0 Å². The Kier molecular flexibility index (Phi) is 7.21. The van der Waals surface area contributed by atoms with Crippen LogP contribution in [0.2, 0.25) is 0 Å². The molecule has 0 aliphatic rings. The molecule has 0 saturated heterocycles. The number of rotatable bonds is 6. The number of aryl methyl sites for hydroxylation is 1. The van der Waals surface area contributed by atoms with Crippen LogP contribution in [0.3, 0.4) is 0 Å². The molecule has 0 aliphatic carbocycles. The number of nitrogens with one attached hydrogen (secondary N) is 3. The highest BCUT2D eigenvalue weighted by molar-refractivity contribution is 5.79. The van der Waals surface area contributed by atoms with Crippen molar-refractivity contribution < 1.29 is 9.18 Å². The molecule has 0 aliphatic heterocycles. The highest BCUT2D eigenvalue weighted by atomic mass is 19.1. The van der Waals surface area contributed by atoms with Gasteiger partial charge in [0.15, 0.2) is 5.96 Å². The number of amides is 1. The smallest absolute Gasteiger partial charge is 0.216 e. The van der Waals surface area contributed by atoms with Crippen molar-refractivity contribution in [2.75, 3.05) is 19.6 Å². The third kappa shape index (κ3) is 6.74. The van der Waals surface area contributed by atoms with E-state index in [1.54, 1.807) is 13.0 Å². The van der Waals surface area contributed by atoms with Gasteiger partial charge in [0.05, 0.1) is 6.54 Å². The molecule has 0 saturated carbocycles. The zero-order valence-corrected chi connectivity index (χ0v) is 12.8. The molecule has 0 bridgehead atoms. The van der Waals surface area contributed by atoms with E-state index in [0.717, 1.165) is 12.1 Å². The minimum Gasteiger partial charge on any atom is -0.357 e. The lowest BCUT2D eigenvalue weighted by Gasteiger charge is -2.11. The number of hydrogen-bond acceptors (Lipinski definition) is 2. The van der Waals surface area contributed by atoms with Gasteiger partial charge in [-0.1, -0.05) is 12.1 Å². The van der Waals surface area contributed by atoms with Crippen LogP contribution in [0.25, 0.3) is 0 Å². The minimum absolute atomic E-state index is 0.0612. The SMILES string of the molecule is CCNC(=NCc1ccc(C)c(F)c1)NCCNC(C)=O. The van der Waals surface area contributed by atoms with E-state index in [9.17, 15) is 9.18 Å². The molecule has 0 aromatic heterocycles. The number of halogens is 1. The van der Waals surface area contributed by atoms with Crippen LogP contribution in [0.15, 0.2) is 23.2 Å². The molecule has 3 N–H and O–H groups in total. The van der Waals surface area contributed by atoms with Gasteiger partial charge in [0.2, 0.25) is 5.91 Å². The lowest BCUT2D eigenvalue weighted by atomic mass is 10.1. The molecule has 1 rings (SSSR count). The molecule has 6 heteroatoms. The Bertz CT molecular complexity index is 502. The van der Waals surface area contributed by atoms with Gasteiger partial charge in [-0.05, 0) is 31.0 Å². The summed E-state index contributed by atoms with van der Waals surface area (Å²) in [7, 11) is 0. The molecular weight excluding hydrogens is 271 g/mol. The standard InChI is InChI=1S/C15H23FN4O/c1-4-17-15(19-8-7-18-12(3)21)20-10-13-6-5-11(2)14(16)9-13/h5-6,9H,4,7-8,10H2,1-3H3,(H,18,21)(H2,17,19,20). The average molecular weight is 294 g/mol. The predicted octanol–water partition coefficient (Wildman–Crippen LogP) is 1.33. The van der Waals surface area contributed by atoms with Gasteiger partial charge in [-0.15, -0.1) is 0 Å². The third-order valence-electron chi connectivity index (χ3n) is 2.79. The fraction of sp³-hybridized carbons (Fsp3) is 0.467. The zero-order valence-electron chi connectivity index (χ0n) is 12.8. The van der Waals surface area contributed by atoms with Crippen LogP contribution in [-0.4, -0.2) is 31.5 Å². The summed E-state index contributed by atoms with van der Waals surface area (Å²) in [5.74, 6) is 0.365. The van der Waals surface area contributed by atoms with E-state index >= 15 is 0 Å². The number of aliphatic imine (C=N–C) groups is 1. The van der Waals surface area contributed by atoms with E-state index in [1.807, 2.05) is 13.0 Å². The minimum atomic E-state index is -0.216. The summed E-state index contributed by atoms with van der Waals surface area (Å²) in [6.45, 7) is 7.41. The Labute approximate surface area is 125 Å². The Morgan fingerprint density at radius 3 is 2.57 bits per heavy atom. The van der Waals surface area contributed by atoms with Gasteiger partial charge in [-0.25, -0.2) is 9.38 Å². The van der Waals surface area contributed by atoms with Crippen LogP contribution in [0.4, 0.5) is 4.39 Å². The molecular formula is C15H23FN4O. The Balaban J connectivity index is 2.53. The normalized spacial score (nSPS) is 11.1. The van der Waals surface area contributed by atoms with Gasteiger partial charge in [0.25, 0.3) is 0 Å². The molecule has 0 fully saturated rings. The number of guanidine groups is 1. The van der Waals surface area contributed by atoms with E-state index < -0.39 is 0 Å². The van der Waals surface area contributed by atoms with Gasteiger partial charge in [0.1, 0.15) is 5.82 Å². The fourth-order valence-corrected chi connectivity index (χ4v) is 1.67. The third-order valence-corrected chi connectivity index (χ3v) is 2.79. The number of nitrogens with zero attached hydrogens (tertiary/aromatic N) is 1. The number of carbonyl (C=O) groups excluding carboxylic acids is 1. The Morgan fingerprint density at radius 1 is 1.24 bits per heavy atom. The Hall–Kier alpha value is -2.11. The molecule has 0 heterocycles. The number of carbonyl (C=O) groups is 1. The van der Waals surface area contributed by atoms with Crippen LogP contribution in [0.5, 0.6) is 0 Å². The van der Waals surface area contributed by atoms with Gasteiger partial charge in [-0.2, -0.15) is 0 Å². The second-order valence-corrected chi connectivity index (χ2v) is 4.69. The lowest BCUT2D eigenvalue weighted by Crippen LogP contribution is -2.41. The lowest BCUT2D eigenvalue weighted by molar-refractivity contribution is -0.118. The van der Waals surface area contributed by atoms with Crippen LogP contribution in [-0.2, 0) is 11.3 Å². The first-order chi connectivity index (χ1) is 10.0. The molecule has 21 heavy (non-hydrogen) atoms. The zero-order chi connectivity index (χ0) is 15.7. The molecule has 1 amide bonds. The van der Waals surface area contributed by atoms with Crippen molar-refractivity contribution in [1.29, 1.82) is 0 Å². The molecule has 1 aromatic rings. The number of benzene rings is 1. The van der Waals surface area contributed by atoms with E-state index in [2.05, 4.69) is 20.9 Å². The highest BCUT2D eigenvalue weighted by Crippen LogP contribution is 2.09. The highest BCUT2D eigenvalue weighted by Gasteiger charge is 2.01. The van der Waals surface area contributed by atoms with Crippen LogP contribution in [0.1, 0.15) is 25.0 Å². The fourth-order valence-electron chi connectivity index (χ4n) is 1.67. The predicted molar refractivity (Wildman–Crippen MR) is 82.6 cm³/mol. The van der Waals surface area contributed by atoms with Gasteiger partial charge >= 0.3 is 0 Å². The van der Waals surface area contributed by atoms with E-state index in [0.29, 0.717) is 31.2 Å². The molecule has 1 aromatic carbocycles. The van der Waals surface area contributed by atoms with Crippen LogP contribution in [0, 0.1) is 12.7 Å². The summed E-state index contributed by atoms with van der Waals surface area (Å²) in [4.78, 5) is 15.2. The van der Waals surface area contributed by atoms with Crippen molar-refractivity contribution in [2.24, 2.45) is 4.99 Å². The maximum absolute atomic E-state index is 13.5. The van der Waals surface area contributed by atoms with Crippen molar-refractivity contribution in [3.8, 4) is 0 Å². The first-order valence-corrected chi connectivity index (χ1v) is 7.04. The van der Waals surface area contributed by atoms with Crippen molar-refractivity contribution >= 4 is 11.9 Å². The first kappa shape index (κ1) is 16.9. The molecule has 116 valence electrons. The quantitative estimate of drug-likeness (QED) is 0.421. The summed E-state index contributed by atoms with van der Waals surface area (Å²) in [5, 5.41) is 8.90. The largest absolute Gasteiger partial charge is 0.357 e. The molecule has 0 atom stereocenters. The average Bonchev–Trinajstić information content (AvgIpc) is 2.44. The molecule has 0 radical (unpaired) electrons. The van der Waals surface area contributed by atoms with Gasteiger partial charge in [-0.3, -0.25) is 4.79 Å². The van der Waals surface area contributed by atoms with Gasteiger partial charge < -0.3 is 16.0 Å². The topological polar surface area (TPSA) is 65.5 Å². The maximum Gasteiger partial charge on any atom is 0.216 e. The second-order valence-electron chi connectivity index (χ2n) is 4.69. The summed E-state index contributed by atoms with van der Waals surface area (Å²) in [6.07, 6.45) is 0. The summed E-state index contributed by atoms with van der Waals surface area (Å²) < 4.78 is 13.5. The Morgan fingerprint density at radius 2 is 1.95 bits per heavy atom. The van der Waals surface area contributed by atoms with E-state index in [1.165, 1.54) is 13.0 Å². The van der Waals surface area contributed by atoms with E-state index in [-0.39, 0.29) is 11.7 Å². The number of hydrogen-bond donors (Lipinski definition) is 3. The molecule has 0 spiro atoms. The van der Waals surface area contributed by atoms with Gasteiger partial charge in [0, 0.05) is 26.6 Å². The van der Waals surface area contributed by atoms with Crippen molar-refractivity contribution in [3.05, 3.63) is 35.1 Å². The first-order valence-electron chi connectivity index (χ1n) is 7.04. The monoisotopic (exact) mass is 294 g/mol. The van der Waals surface area contributed by atoms with Crippen molar-refractivity contribution in [1.82, 2.24) is 16.0 Å². The summed E-state index contributed by atoms with van der Waals surface area (Å²) in [6, 6.07) is 5.11. The van der Waals surface area contributed by atoms with Crippen molar-refractivity contribution in [3.63, 3.8) is 0 Å². The second kappa shape index (κ2) is 8.94. The maximum atomic E-state index is 13.5. The van der Waals surface area contributed by atoms with E-state index in [4.69, 9.17) is 0 Å².